The molecule has 0 fully saturated rings. The molecule has 4 atom stereocenters. The van der Waals surface area contributed by atoms with Crippen molar-refractivity contribution < 1.29 is 10.2 Å². The zero-order chi connectivity index (χ0) is 33.4. The summed E-state index contributed by atoms with van der Waals surface area (Å²) in [5.74, 6) is 0.944. The Balaban J connectivity index is 2.27. The molecule has 0 bridgehead atoms. The van der Waals surface area contributed by atoms with Gasteiger partial charge in [0, 0.05) is 16.3 Å². The largest absolute Gasteiger partial charge is 0.507 e. The highest BCUT2D eigenvalue weighted by Crippen LogP contribution is 2.55. The smallest absolute Gasteiger partial charge is 0.123 e. The van der Waals surface area contributed by atoms with Gasteiger partial charge in [0.25, 0.3) is 0 Å². The number of hydrogen-bond donors (Lipinski definition) is 2. The van der Waals surface area contributed by atoms with Gasteiger partial charge in [-0.25, -0.2) is 0 Å². The molecule has 3 aromatic rings. The molecule has 0 aliphatic rings. The maximum Gasteiger partial charge on any atom is 0.123 e. The zero-order valence-corrected chi connectivity index (χ0v) is 31.2. The second kappa shape index (κ2) is 16.1. The van der Waals surface area contributed by atoms with Crippen molar-refractivity contribution in [1.82, 2.24) is 0 Å². The summed E-state index contributed by atoms with van der Waals surface area (Å²) < 4.78 is 0. The Morgan fingerprint density at radius 1 is 0.778 bits per heavy atom. The molecule has 3 heteroatoms. The number of aliphatic hydroxyl groups is 1. The summed E-state index contributed by atoms with van der Waals surface area (Å²) in [6.07, 6.45) is 9.57. The van der Waals surface area contributed by atoms with Gasteiger partial charge in [0.2, 0.25) is 0 Å². The average molecular weight is 631 g/mol. The third-order valence-corrected chi connectivity index (χ3v) is 12.5. The van der Waals surface area contributed by atoms with Crippen molar-refractivity contribution >= 4 is 13.9 Å². The highest BCUT2D eigenvalue weighted by atomic mass is 31.1. The molecule has 0 spiro atoms. The van der Waals surface area contributed by atoms with E-state index in [0.717, 1.165) is 59.9 Å². The Bertz CT molecular complexity index is 1350. The molecule has 248 valence electrons. The maximum atomic E-state index is 12.5. The van der Waals surface area contributed by atoms with E-state index in [0.29, 0.717) is 20.2 Å². The van der Waals surface area contributed by atoms with Crippen molar-refractivity contribution in [2.24, 2.45) is 5.92 Å². The lowest BCUT2D eigenvalue weighted by Gasteiger charge is -2.40. The van der Waals surface area contributed by atoms with Crippen LogP contribution in [0.3, 0.4) is 0 Å². The van der Waals surface area contributed by atoms with Crippen molar-refractivity contribution in [2.45, 2.75) is 149 Å². The fourth-order valence-electron chi connectivity index (χ4n) is 6.74. The highest BCUT2D eigenvalue weighted by molar-refractivity contribution is 7.48. The summed E-state index contributed by atoms with van der Waals surface area (Å²) in [4.78, 5) is 0. The summed E-state index contributed by atoms with van der Waals surface area (Å²) in [5, 5.41) is 25.2. The van der Waals surface area contributed by atoms with Crippen molar-refractivity contribution in [2.75, 3.05) is 0 Å². The molecule has 3 rings (SSSR count). The molecule has 0 heterocycles. The summed E-state index contributed by atoms with van der Waals surface area (Å²) in [7, 11) is 0.418. The SMILES string of the molecule is CCCCCC(C)C(C)(C)c1cc(C(C)(C)C)cc(C(CC)(CCCCC)Pc2ccc(C)cc2C(O)c2ccccc2)c1O. The number of rotatable bonds is 16. The van der Waals surface area contributed by atoms with Crippen molar-refractivity contribution in [3.8, 4) is 5.75 Å². The Kier molecular flexibility index (Phi) is 13.4. The predicted molar refractivity (Wildman–Crippen MR) is 199 cm³/mol. The number of aliphatic hydroxyl groups excluding tert-OH is 1. The van der Waals surface area contributed by atoms with E-state index in [1.807, 2.05) is 30.3 Å². The lowest BCUT2D eigenvalue weighted by molar-refractivity contribution is 0.221. The average Bonchev–Trinajstić information content (AvgIpc) is 3.01. The van der Waals surface area contributed by atoms with Gasteiger partial charge in [0.05, 0.1) is 0 Å². The Morgan fingerprint density at radius 3 is 2.00 bits per heavy atom. The van der Waals surface area contributed by atoms with Crippen LogP contribution in [0.4, 0.5) is 0 Å². The number of aromatic hydroxyl groups is 1. The highest BCUT2D eigenvalue weighted by Gasteiger charge is 2.39. The minimum atomic E-state index is -0.688. The molecular formula is C42H63O2P. The van der Waals surface area contributed by atoms with Crippen LogP contribution in [0.5, 0.6) is 5.75 Å². The van der Waals surface area contributed by atoms with E-state index < -0.39 is 6.10 Å². The standard InChI is InChI=1S/C42H63O2P/c1-11-14-17-21-31(5)41(9,10)35-28-33(40(6,7)8)29-36(39(35)44)42(13-3,26-20-15-12-2)45-37-25-24-30(4)27-34(37)38(43)32-22-18-16-19-23-32/h16,18-19,22-25,27-29,31,38,43-45H,11-15,17,20-21,26H2,1-10H3. The monoisotopic (exact) mass is 630 g/mol. The number of phenols is 1. The molecule has 4 unspecified atom stereocenters. The van der Waals surface area contributed by atoms with E-state index >= 15 is 0 Å². The summed E-state index contributed by atoms with van der Waals surface area (Å²) >= 11 is 0. The van der Waals surface area contributed by atoms with E-state index in [9.17, 15) is 10.2 Å². The van der Waals surface area contributed by atoms with E-state index in [-0.39, 0.29) is 16.0 Å². The Labute approximate surface area is 278 Å². The molecule has 0 aliphatic carbocycles. The quantitative estimate of drug-likeness (QED) is 0.122. The number of hydrogen-bond acceptors (Lipinski definition) is 2. The molecule has 0 saturated heterocycles. The summed E-state index contributed by atoms with van der Waals surface area (Å²) in [6, 6.07) is 21.3. The summed E-state index contributed by atoms with van der Waals surface area (Å²) in [6.45, 7) is 22.9. The van der Waals surface area contributed by atoms with Gasteiger partial charge in [-0.15, -0.1) is 0 Å². The van der Waals surface area contributed by atoms with Crippen molar-refractivity contribution in [3.05, 3.63) is 94.0 Å². The molecule has 2 nitrogen and oxygen atoms in total. The van der Waals surface area contributed by atoms with Crippen LogP contribution in [0.25, 0.3) is 0 Å². The van der Waals surface area contributed by atoms with Crippen LogP contribution in [0, 0.1) is 12.8 Å². The second-order valence-electron chi connectivity index (χ2n) is 15.2. The molecule has 2 N–H and O–H groups in total. The molecule has 0 aliphatic heterocycles. The molecular weight excluding hydrogens is 567 g/mol. The van der Waals surface area contributed by atoms with Crippen molar-refractivity contribution in [1.29, 1.82) is 0 Å². The van der Waals surface area contributed by atoms with Crippen LogP contribution in [0.15, 0.2) is 60.7 Å². The first-order chi connectivity index (χ1) is 21.2. The van der Waals surface area contributed by atoms with Gasteiger partial charge in [-0.2, -0.15) is 0 Å². The van der Waals surface area contributed by atoms with Crippen LogP contribution in [0.1, 0.15) is 160 Å². The molecule has 0 amide bonds. The van der Waals surface area contributed by atoms with Gasteiger partial charge in [0.15, 0.2) is 0 Å². The fraction of sp³-hybridized carbons (Fsp3) is 0.571. The molecule has 0 radical (unpaired) electrons. The number of phenolic OH excluding ortho intramolecular Hbond substituents is 1. The lowest BCUT2D eigenvalue weighted by atomic mass is 9.69. The van der Waals surface area contributed by atoms with Gasteiger partial charge in [-0.05, 0) is 64.9 Å². The first-order valence-electron chi connectivity index (χ1n) is 17.7. The molecule has 45 heavy (non-hydrogen) atoms. The predicted octanol–water partition coefficient (Wildman–Crippen LogP) is 11.8. The van der Waals surface area contributed by atoms with E-state index in [1.54, 1.807) is 0 Å². The van der Waals surface area contributed by atoms with Crippen LogP contribution in [0.2, 0.25) is 0 Å². The van der Waals surface area contributed by atoms with E-state index in [2.05, 4.69) is 99.6 Å². The second-order valence-corrected chi connectivity index (χ2v) is 17.0. The fourth-order valence-corrected chi connectivity index (χ4v) is 8.58. The molecule has 0 aromatic heterocycles. The van der Waals surface area contributed by atoms with E-state index in [1.165, 1.54) is 36.6 Å². The number of unbranched alkanes of at least 4 members (excludes halogenated alkanes) is 4. The molecule has 0 saturated carbocycles. The lowest BCUT2D eigenvalue weighted by Crippen LogP contribution is -2.30. The minimum absolute atomic E-state index is 0.0523. The summed E-state index contributed by atoms with van der Waals surface area (Å²) in [5.41, 5.74) is 6.34. The first-order valence-corrected chi connectivity index (χ1v) is 18.7. The van der Waals surface area contributed by atoms with Gasteiger partial charge in [0.1, 0.15) is 11.9 Å². The number of aryl methyl sites for hydroxylation is 1. The minimum Gasteiger partial charge on any atom is -0.507 e. The zero-order valence-electron chi connectivity index (χ0n) is 30.2. The van der Waals surface area contributed by atoms with Crippen LogP contribution in [-0.2, 0) is 16.0 Å². The van der Waals surface area contributed by atoms with Crippen LogP contribution < -0.4 is 5.30 Å². The van der Waals surface area contributed by atoms with Gasteiger partial charge < -0.3 is 10.2 Å². The van der Waals surface area contributed by atoms with Gasteiger partial charge in [-0.1, -0.05) is 176 Å². The van der Waals surface area contributed by atoms with Gasteiger partial charge >= 0.3 is 0 Å². The Morgan fingerprint density at radius 2 is 1.40 bits per heavy atom. The van der Waals surface area contributed by atoms with Gasteiger partial charge in [-0.3, -0.25) is 0 Å². The van der Waals surface area contributed by atoms with Crippen LogP contribution >= 0.6 is 8.58 Å². The maximum absolute atomic E-state index is 12.5. The van der Waals surface area contributed by atoms with Crippen molar-refractivity contribution in [3.63, 3.8) is 0 Å². The Hall–Kier alpha value is -2.15. The topological polar surface area (TPSA) is 40.5 Å². The molecule has 3 aromatic carbocycles. The third-order valence-electron chi connectivity index (χ3n) is 10.5. The first kappa shape index (κ1) is 37.3. The van der Waals surface area contributed by atoms with Crippen LogP contribution in [-0.4, -0.2) is 10.2 Å². The normalized spacial score (nSPS) is 15.4. The number of benzene rings is 3. The van der Waals surface area contributed by atoms with E-state index in [4.69, 9.17) is 0 Å². The third kappa shape index (κ3) is 9.02.